The maximum atomic E-state index is 11.9. The molecule has 0 radical (unpaired) electrons. The van der Waals surface area contributed by atoms with Gasteiger partial charge in [0.2, 0.25) is 0 Å². The average molecular weight is 248 g/mol. The third-order valence-electron chi connectivity index (χ3n) is 3.51. The van der Waals surface area contributed by atoms with Crippen molar-refractivity contribution in [3.05, 3.63) is 23.5 Å². The van der Waals surface area contributed by atoms with E-state index in [4.69, 9.17) is 0 Å². The van der Waals surface area contributed by atoms with Gasteiger partial charge in [0, 0.05) is 24.2 Å². The predicted octanol–water partition coefficient (Wildman–Crippen LogP) is 3.09. The van der Waals surface area contributed by atoms with E-state index in [0.717, 1.165) is 17.1 Å². The molecule has 0 atom stereocenters. The fourth-order valence-electron chi connectivity index (χ4n) is 2.67. The van der Waals surface area contributed by atoms with Crippen molar-refractivity contribution in [1.82, 2.24) is 9.38 Å². The Balaban J connectivity index is 1.62. The molecule has 0 aromatic carbocycles. The maximum absolute atomic E-state index is 11.9. The van der Waals surface area contributed by atoms with E-state index in [1.807, 2.05) is 22.2 Å². The quantitative estimate of drug-likeness (QED) is 0.833. The Morgan fingerprint density at radius 2 is 2.29 bits per heavy atom. The van der Waals surface area contributed by atoms with Crippen LogP contribution in [-0.4, -0.2) is 15.2 Å². The lowest BCUT2D eigenvalue weighted by Crippen LogP contribution is -2.08. The second-order valence-corrected chi connectivity index (χ2v) is 5.77. The van der Waals surface area contributed by atoms with E-state index in [0.29, 0.717) is 18.1 Å². The lowest BCUT2D eigenvalue weighted by Gasteiger charge is -2.05. The number of imidazole rings is 1. The number of carbonyl (C=O) groups excluding carboxylic acids is 1. The third kappa shape index (κ3) is 2.41. The zero-order valence-electron chi connectivity index (χ0n) is 9.76. The van der Waals surface area contributed by atoms with Gasteiger partial charge in [0.15, 0.2) is 4.96 Å². The number of rotatable bonds is 4. The van der Waals surface area contributed by atoms with Gasteiger partial charge < -0.3 is 0 Å². The average Bonchev–Trinajstić information content (AvgIpc) is 2.92. The molecule has 1 aliphatic carbocycles. The van der Waals surface area contributed by atoms with Crippen LogP contribution in [0.5, 0.6) is 0 Å². The molecule has 1 aliphatic rings. The predicted molar refractivity (Wildman–Crippen MR) is 68.4 cm³/mol. The van der Waals surface area contributed by atoms with Crippen molar-refractivity contribution < 1.29 is 4.79 Å². The van der Waals surface area contributed by atoms with Crippen molar-refractivity contribution in [2.75, 3.05) is 0 Å². The molecule has 17 heavy (non-hydrogen) atoms. The molecule has 0 saturated heterocycles. The topological polar surface area (TPSA) is 34.4 Å². The fraction of sp³-hybridized carbons (Fsp3) is 0.538. The largest absolute Gasteiger partial charge is 0.299 e. The summed E-state index contributed by atoms with van der Waals surface area (Å²) in [6.07, 6.45) is 10.3. The highest BCUT2D eigenvalue weighted by Crippen LogP contribution is 2.28. The van der Waals surface area contributed by atoms with Crippen molar-refractivity contribution in [2.45, 2.75) is 38.5 Å². The van der Waals surface area contributed by atoms with Gasteiger partial charge in [-0.1, -0.05) is 25.7 Å². The van der Waals surface area contributed by atoms with Crippen molar-refractivity contribution in [3.63, 3.8) is 0 Å². The van der Waals surface area contributed by atoms with Crippen molar-refractivity contribution in [3.8, 4) is 0 Å². The molecule has 3 nitrogen and oxygen atoms in total. The molecule has 1 fully saturated rings. The molecule has 0 spiro atoms. The Bertz CT molecular complexity index is 494. The van der Waals surface area contributed by atoms with Crippen LogP contribution in [0.1, 0.15) is 37.8 Å². The van der Waals surface area contributed by atoms with Gasteiger partial charge in [0.1, 0.15) is 5.78 Å². The second kappa shape index (κ2) is 4.61. The summed E-state index contributed by atoms with van der Waals surface area (Å²) in [5.74, 6) is 0.994. The van der Waals surface area contributed by atoms with E-state index >= 15 is 0 Å². The van der Waals surface area contributed by atoms with Crippen molar-refractivity contribution in [1.29, 1.82) is 0 Å². The first-order valence-electron chi connectivity index (χ1n) is 6.24. The Morgan fingerprint density at radius 3 is 3.06 bits per heavy atom. The van der Waals surface area contributed by atoms with Crippen molar-refractivity contribution >= 4 is 22.1 Å². The third-order valence-corrected chi connectivity index (χ3v) is 4.28. The highest BCUT2D eigenvalue weighted by Gasteiger charge is 2.19. The summed E-state index contributed by atoms with van der Waals surface area (Å²) in [7, 11) is 0. The van der Waals surface area contributed by atoms with Crippen molar-refractivity contribution in [2.24, 2.45) is 5.92 Å². The molecule has 90 valence electrons. The lowest BCUT2D eigenvalue weighted by molar-refractivity contribution is -0.119. The minimum absolute atomic E-state index is 0.350. The number of thiazole rings is 1. The minimum Gasteiger partial charge on any atom is -0.299 e. The first-order chi connectivity index (χ1) is 8.31. The number of ketones is 1. The summed E-state index contributed by atoms with van der Waals surface area (Å²) >= 11 is 1.61. The Morgan fingerprint density at radius 1 is 1.47 bits per heavy atom. The molecule has 0 amide bonds. The Hall–Kier alpha value is -1.16. The lowest BCUT2D eigenvalue weighted by atomic mass is 9.99. The molecule has 3 rings (SSSR count). The number of nitrogens with zero attached hydrogens (tertiary/aromatic N) is 2. The van der Waals surface area contributed by atoms with E-state index in [-0.39, 0.29) is 0 Å². The monoisotopic (exact) mass is 248 g/mol. The standard InChI is InChI=1S/C13H16N2OS/c16-12(7-10-3-1-2-4-10)8-11-9-15-5-6-17-13(15)14-11/h5-6,9-10H,1-4,7-8H2. The second-order valence-electron chi connectivity index (χ2n) is 4.90. The fourth-order valence-corrected chi connectivity index (χ4v) is 3.39. The molecule has 0 bridgehead atoms. The highest BCUT2D eigenvalue weighted by atomic mass is 32.1. The summed E-state index contributed by atoms with van der Waals surface area (Å²) in [6.45, 7) is 0. The zero-order chi connectivity index (χ0) is 11.7. The first-order valence-corrected chi connectivity index (χ1v) is 7.12. The van der Waals surface area contributed by atoms with Gasteiger partial charge in [-0.25, -0.2) is 4.98 Å². The van der Waals surface area contributed by atoms with Crippen LogP contribution in [0.3, 0.4) is 0 Å². The van der Waals surface area contributed by atoms with Crippen LogP contribution < -0.4 is 0 Å². The molecule has 2 aromatic rings. The number of aromatic nitrogens is 2. The van der Waals surface area contributed by atoms with Gasteiger partial charge in [-0.3, -0.25) is 9.20 Å². The van der Waals surface area contributed by atoms with Gasteiger partial charge in [-0.05, 0) is 5.92 Å². The van der Waals surface area contributed by atoms with Crippen LogP contribution in [0.25, 0.3) is 4.96 Å². The molecule has 2 aromatic heterocycles. The summed E-state index contributed by atoms with van der Waals surface area (Å²) in [5.41, 5.74) is 0.917. The molecule has 2 heterocycles. The van der Waals surface area contributed by atoms with Gasteiger partial charge in [0.05, 0.1) is 12.1 Å². The van der Waals surface area contributed by atoms with Crippen LogP contribution in [0.4, 0.5) is 0 Å². The van der Waals surface area contributed by atoms with Gasteiger partial charge >= 0.3 is 0 Å². The summed E-state index contributed by atoms with van der Waals surface area (Å²) in [6, 6.07) is 0. The van der Waals surface area contributed by atoms with E-state index in [2.05, 4.69) is 4.98 Å². The van der Waals surface area contributed by atoms with Crippen LogP contribution in [-0.2, 0) is 11.2 Å². The van der Waals surface area contributed by atoms with Crippen LogP contribution in [0.2, 0.25) is 0 Å². The van der Waals surface area contributed by atoms with E-state index < -0.39 is 0 Å². The number of hydrogen-bond acceptors (Lipinski definition) is 3. The normalized spacial score (nSPS) is 16.9. The van der Waals surface area contributed by atoms with Crippen LogP contribution in [0.15, 0.2) is 17.8 Å². The molecule has 0 unspecified atom stereocenters. The number of Topliss-reactive ketones (excluding diaryl/α,β-unsaturated/α-hetero) is 1. The molecule has 0 N–H and O–H groups in total. The SMILES string of the molecule is O=C(Cc1cn2ccsc2n1)CC1CCCC1. The van der Waals surface area contributed by atoms with Gasteiger partial charge in [-0.2, -0.15) is 0 Å². The minimum atomic E-state index is 0.350. The van der Waals surface area contributed by atoms with E-state index in [1.54, 1.807) is 11.3 Å². The highest BCUT2D eigenvalue weighted by molar-refractivity contribution is 7.15. The van der Waals surface area contributed by atoms with Gasteiger partial charge in [0.25, 0.3) is 0 Å². The number of carbonyl (C=O) groups is 1. The smallest absolute Gasteiger partial charge is 0.193 e. The zero-order valence-corrected chi connectivity index (χ0v) is 10.6. The first kappa shape index (κ1) is 11.0. The van der Waals surface area contributed by atoms with Gasteiger partial charge in [-0.15, -0.1) is 11.3 Å². The number of hydrogen-bond donors (Lipinski definition) is 0. The molecular formula is C13H16N2OS. The van der Waals surface area contributed by atoms with Crippen LogP contribution in [0, 0.1) is 5.92 Å². The Labute approximate surface area is 104 Å². The summed E-state index contributed by atoms with van der Waals surface area (Å²) in [5, 5.41) is 2.01. The molecule has 1 saturated carbocycles. The maximum Gasteiger partial charge on any atom is 0.193 e. The molecular weight excluding hydrogens is 232 g/mol. The van der Waals surface area contributed by atoms with E-state index in [9.17, 15) is 4.79 Å². The van der Waals surface area contributed by atoms with E-state index in [1.165, 1.54) is 25.7 Å². The Kier molecular flexibility index (Phi) is 2.97. The van der Waals surface area contributed by atoms with Crippen LogP contribution >= 0.6 is 11.3 Å². The summed E-state index contributed by atoms with van der Waals surface area (Å²) in [4.78, 5) is 17.3. The number of fused-ring (bicyclic) bond motifs is 1. The molecule has 0 aliphatic heterocycles. The summed E-state index contributed by atoms with van der Waals surface area (Å²) < 4.78 is 1.99. The molecule has 4 heteroatoms.